The van der Waals surface area contributed by atoms with Crippen LogP contribution in [0.3, 0.4) is 0 Å². The average molecular weight is 375 g/mol. The number of benzene rings is 2. The van der Waals surface area contributed by atoms with Crippen molar-refractivity contribution in [3.63, 3.8) is 0 Å². The fourth-order valence-electron chi connectivity index (χ4n) is 2.45. The van der Waals surface area contributed by atoms with Crippen LogP contribution in [0.2, 0.25) is 0 Å². The first-order valence-corrected chi connectivity index (χ1v) is 8.18. The van der Waals surface area contributed by atoms with E-state index in [0.717, 1.165) is 35.4 Å². The molecule has 0 saturated heterocycles. The minimum Gasteiger partial charge on any atom is -0.352 e. The minimum absolute atomic E-state index is 0.147. The third kappa shape index (κ3) is 4.72. The molecule has 0 aliphatic carbocycles. The summed E-state index contributed by atoms with van der Waals surface area (Å²) in [6.07, 6.45) is -4.12. The molecule has 0 fully saturated rings. The molecular weight excluding hydrogens is 359 g/mol. The van der Waals surface area contributed by atoms with Gasteiger partial charge in [0, 0.05) is 24.1 Å². The Morgan fingerprint density at radius 1 is 1.15 bits per heavy atom. The van der Waals surface area contributed by atoms with Crippen LogP contribution in [0.25, 0.3) is 11.4 Å². The molecule has 0 radical (unpaired) electrons. The first-order valence-electron chi connectivity index (χ1n) is 8.18. The fourth-order valence-corrected chi connectivity index (χ4v) is 2.45. The molecule has 1 N–H and O–H groups in total. The van der Waals surface area contributed by atoms with Gasteiger partial charge in [-0.25, -0.2) is 0 Å². The zero-order valence-corrected chi connectivity index (χ0v) is 14.4. The number of hydrogen-bond donors (Lipinski definition) is 1. The molecule has 1 heterocycles. The molecule has 0 saturated carbocycles. The highest BCUT2D eigenvalue weighted by Crippen LogP contribution is 2.29. The average Bonchev–Trinajstić information content (AvgIpc) is 3.10. The monoisotopic (exact) mass is 375 g/mol. The number of hydrogen-bond acceptors (Lipinski definition) is 4. The van der Waals surface area contributed by atoms with Crippen molar-refractivity contribution in [2.45, 2.75) is 19.5 Å². The summed E-state index contributed by atoms with van der Waals surface area (Å²) in [5.41, 5.74) is 1.25. The molecule has 5 nitrogen and oxygen atoms in total. The molecule has 3 rings (SSSR count). The van der Waals surface area contributed by atoms with Crippen molar-refractivity contribution in [2.75, 3.05) is 6.54 Å². The van der Waals surface area contributed by atoms with E-state index in [1.54, 1.807) is 0 Å². The van der Waals surface area contributed by atoms with Gasteiger partial charge in [-0.1, -0.05) is 28.9 Å². The van der Waals surface area contributed by atoms with Gasteiger partial charge in [0.2, 0.25) is 11.7 Å². The van der Waals surface area contributed by atoms with Crippen LogP contribution in [0, 0.1) is 6.92 Å². The zero-order valence-electron chi connectivity index (χ0n) is 14.4. The van der Waals surface area contributed by atoms with E-state index in [4.69, 9.17) is 4.52 Å². The standard InChI is InChI=1S/C19H16F3N3O2/c1-12-3-2-4-14(11-12)17-24-16(27-25-17)9-10-23-18(26)13-5-7-15(8-6-13)19(20,21)22/h2-8,11H,9-10H2,1H3,(H,23,26). The minimum atomic E-state index is -4.43. The Bertz CT molecular complexity index is 934. The highest BCUT2D eigenvalue weighted by molar-refractivity contribution is 5.94. The van der Waals surface area contributed by atoms with E-state index in [2.05, 4.69) is 15.5 Å². The first-order chi connectivity index (χ1) is 12.8. The van der Waals surface area contributed by atoms with E-state index in [-0.39, 0.29) is 12.1 Å². The molecule has 1 amide bonds. The van der Waals surface area contributed by atoms with Crippen molar-refractivity contribution in [1.29, 1.82) is 0 Å². The molecule has 0 atom stereocenters. The lowest BCUT2D eigenvalue weighted by atomic mass is 10.1. The Morgan fingerprint density at radius 2 is 1.89 bits per heavy atom. The summed E-state index contributed by atoms with van der Waals surface area (Å²) in [7, 11) is 0. The van der Waals surface area contributed by atoms with Crippen LogP contribution in [-0.4, -0.2) is 22.6 Å². The number of carbonyl (C=O) groups is 1. The SMILES string of the molecule is Cc1cccc(-c2noc(CCNC(=O)c3ccc(C(F)(F)F)cc3)n2)c1. The number of aromatic nitrogens is 2. The molecule has 8 heteroatoms. The van der Waals surface area contributed by atoms with Gasteiger partial charge >= 0.3 is 6.18 Å². The fraction of sp³-hybridized carbons (Fsp3) is 0.211. The van der Waals surface area contributed by atoms with Crippen LogP contribution in [0.4, 0.5) is 13.2 Å². The number of amides is 1. The maximum absolute atomic E-state index is 12.5. The van der Waals surface area contributed by atoms with Crippen LogP contribution in [0.1, 0.15) is 27.4 Å². The highest BCUT2D eigenvalue weighted by Gasteiger charge is 2.30. The molecule has 27 heavy (non-hydrogen) atoms. The molecule has 3 aromatic rings. The van der Waals surface area contributed by atoms with Crippen molar-refractivity contribution in [1.82, 2.24) is 15.5 Å². The molecule has 1 aromatic heterocycles. The van der Waals surface area contributed by atoms with Crippen LogP contribution in [-0.2, 0) is 12.6 Å². The Hall–Kier alpha value is -3.16. The lowest BCUT2D eigenvalue weighted by Gasteiger charge is -2.07. The second kappa shape index (κ2) is 7.61. The molecular formula is C19H16F3N3O2. The summed E-state index contributed by atoms with van der Waals surface area (Å²) >= 11 is 0. The maximum Gasteiger partial charge on any atom is 0.416 e. The van der Waals surface area contributed by atoms with Gasteiger partial charge in [0.25, 0.3) is 5.91 Å². The number of carbonyl (C=O) groups excluding carboxylic acids is 1. The molecule has 0 aliphatic rings. The molecule has 0 spiro atoms. The second-order valence-electron chi connectivity index (χ2n) is 5.96. The normalized spacial score (nSPS) is 11.4. The van der Waals surface area contributed by atoms with E-state index in [9.17, 15) is 18.0 Å². The number of halogens is 3. The molecule has 0 aliphatic heterocycles. The number of nitrogens with one attached hydrogen (secondary N) is 1. The van der Waals surface area contributed by atoms with Crippen molar-refractivity contribution in [3.05, 3.63) is 71.1 Å². The molecule has 140 valence electrons. The van der Waals surface area contributed by atoms with Crippen molar-refractivity contribution < 1.29 is 22.5 Å². The number of rotatable bonds is 5. The van der Waals surface area contributed by atoms with Crippen LogP contribution in [0.5, 0.6) is 0 Å². The first kappa shape index (κ1) is 18.6. The van der Waals surface area contributed by atoms with Gasteiger partial charge in [-0.05, 0) is 37.3 Å². The van der Waals surface area contributed by atoms with Crippen LogP contribution >= 0.6 is 0 Å². The topological polar surface area (TPSA) is 68.0 Å². The van der Waals surface area contributed by atoms with Crippen molar-refractivity contribution in [3.8, 4) is 11.4 Å². The maximum atomic E-state index is 12.5. The Labute approximate surface area is 153 Å². The molecule has 0 unspecified atom stereocenters. The van der Waals surface area contributed by atoms with E-state index < -0.39 is 17.6 Å². The number of nitrogens with zero attached hydrogens (tertiary/aromatic N) is 2. The van der Waals surface area contributed by atoms with Crippen LogP contribution < -0.4 is 5.32 Å². The highest BCUT2D eigenvalue weighted by atomic mass is 19.4. The van der Waals surface area contributed by atoms with Gasteiger partial charge in [0.1, 0.15) is 0 Å². The van der Waals surface area contributed by atoms with E-state index in [0.29, 0.717) is 18.1 Å². The smallest absolute Gasteiger partial charge is 0.352 e. The zero-order chi connectivity index (χ0) is 19.4. The Morgan fingerprint density at radius 3 is 2.56 bits per heavy atom. The Balaban J connectivity index is 1.55. The van der Waals surface area contributed by atoms with Crippen molar-refractivity contribution in [2.24, 2.45) is 0 Å². The lowest BCUT2D eigenvalue weighted by Crippen LogP contribution is -2.25. The van der Waals surface area contributed by atoms with E-state index in [1.165, 1.54) is 0 Å². The van der Waals surface area contributed by atoms with Gasteiger partial charge in [0.15, 0.2) is 0 Å². The number of aryl methyl sites for hydroxylation is 1. The van der Waals surface area contributed by atoms with Crippen LogP contribution in [0.15, 0.2) is 53.1 Å². The molecule has 0 bridgehead atoms. The van der Waals surface area contributed by atoms with Gasteiger partial charge in [-0.3, -0.25) is 4.79 Å². The van der Waals surface area contributed by atoms with Gasteiger partial charge < -0.3 is 9.84 Å². The lowest BCUT2D eigenvalue weighted by molar-refractivity contribution is -0.137. The number of alkyl halides is 3. The predicted octanol–water partition coefficient (Wildman–Crippen LogP) is 4.04. The third-order valence-corrected chi connectivity index (χ3v) is 3.84. The Kier molecular flexibility index (Phi) is 5.25. The van der Waals surface area contributed by atoms with E-state index >= 15 is 0 Å². The predicted molar refractivity (Wildman–Crippen MR) is 92.0 cm³/mol. The summed E-state index contributed by atoms with van der Waals surface area (Å²) < 4.78 is 42.8. The largest absolute Gasteiger partial charge is 0.416 e. The van der Waals surface area contributed by atoms with Gasteiger partial charge in [0.05, 0.1) is 5.56 Å². The van der Waals surface area contributed by atoms with Crippen molar-refractivity contribution >= 4 is 5.91 Å². The second-order valence-corrected chi connectivity index (χ2v) is 5.96. The summed E-state index contributed by atoms with van der Waals surface area (Å²) in [6.45, 7) is 2.18. The third-order valence-electron chi connectivity index (χ3n) is 3.84. The van der Waals surface area contributed by atoms with Gasteiger partial charge in [-0.15, -0.1) is 0 Å². The quantitative estimate of drug-likeness (QED) is 0.731. The van der Waals surface area contributed by atoms with E-state index in [1.807, 2.05) is 31.2 Å². The summed E-state index contributed by atoms with van der Waals surface area (Å²) in [4.78, 5) is 16.3. The summed E-state index contributed by atoms with van der Waals surface area (Å²) in [5, 5.41) is 6.53. The summed E-state index contributed by atoms with van der Waals surface area (Å²) in [6, 6.07) is 11.7. The molecule has 2 aromatic carbocycles. The van der Waals surface area contributed by atoms with Gasteiger partial charge in [-0.2, -0.15) is 18.2 Å². The summed E-state index contributed by atoms with van der Waals surface area (Å²) in [5.74, 6) is 0.351.